The van der Waals surface area contributed by atoms with E-state index in [0.717, 1.165) is 83.9 Å². The van der Waals surface area contributed by atoms with E-state index in [1.54, 1.807) is 0 Å². The summed E-state index contributed by atoms with van der Waals surface area (Å²) in [4.78, 5) is 9.84. The lowest BCUT2D eigenvalue weighted by molar-refractivity contribution is 0.483. The highest BCUT2D eigenvalue weighted by Crippen LogP contribution is 2.40. The van der Waals surface area contributed by atoms with Crippen LogP contribution >= 0.6 is 0 Å². The second-order valence-electron chi connectivity index (χ2n) is 15.7. The highest BCUT2D eigenvalue weighted by atomic mass is 16.5. The van der Waals surface area contributed by atoms with Crippen molar-refractivity contribution in [1.82, 2.24) is 14.1 Å². The van der Waals surface area contributed by atoms with Crippen molar-refractivity contribution in [2.75, 3.05) is 16.5 Å². The van der Waals surface area contributed by atoms with Gasteiger partial charge in [-0.1, -0.05) is 127 Å². The summed E-state index contributed by atoms with van der Waals surface area (Å²) in [5.74, 6) is 2.34. The number of para-hydroxylation sites is 3. The van der Waals surface area contributed by atoms with Crippen LogP contribution in [0.25, 0.3) is 71.9 Å². The molecule has 294 valence electrons. The van der Waals surface area contributed by atoms with Crippen molar-refractivity contribution in [3.63, 3.8) is 0 Å². The smallest absolute Gasteiger partial charge is 0.139 e. The first kappa shape index (κ1) is 35.6. The van der Waals surface area contributed by atoms with E-state index < -0.39 is 0 Å². The van der Waals surface area contributed by atoms with Crippen LogP contribution in [0.2, 0.25) is 0 Å². The van der Waals surface area contributed by atoms with Crippen molar-refractivity contribution in [2.45, 2.75) is 0 Å². The average molecular weight is 798 g/mol. The fraction of sp³-hybridized carbons (Fsp3) is 0.0179. The molecule has 0 unspecified atom stereocenters. The lowest BCUT2D eigenvalue weighted by atomic mass is 10.0. The third-order valence-electron chi connectivity index (χ3n) is 12.0. The molecule has 0 bridgehead atoms. The molecule has 12 rings (SSSR count). The Bertz CT molecular complexity index is 3470. The van der Waals surface area contributed by atoms with E-state index in [2.05, 4.69) is 231 Å². The summed E-state index contributed by atoms with van der Waals surface area (Å²) in [6.45, 7) is 0.676. The van der Waals surface area contributed by atoms with E-state index in [-0.39, 0.29) is 0 Å². The molecular weight excluding hydrogens is 759 g/mol. The van der Waals surface area contributed by atoms with Crippen LogP contribution in [0, 0.1) is 0 Å². The van der Waals surface area contributed by atoms with E-state index in [1.165, 1.54) is 16.5 Å². The number of hydrogen-bond acceptors (Lipinski definition) is 4. The van der Waals surface area contributed by atoms with Gasteiger partial charge in [-0.2, -0.15) is 0 Å². The van der Waals surface area contributed by atoms with Crippen LogP contribution in [-0.2, 0) is 0 Å². The third kappa shape index (κ3) is 6.08. The summed E-state index contributed by atoms with van der Waals surface area (Å²) in [5.41, 5.74) is 12.3. The topological polar surface area (TPSA) is 38.5 Å². The van der Waals surface area contributed by atoms with Gasteiger partial charge in [0.25, 0.3) is 0 Å². The van der Waals surface area contributed by atoms with Crippen molar-refractivity contribution in [3.8, 4) is 34.1 Å². The van der Waals surface area contributed by atoms with Gasteiger partial charge >= 0.3 is 0 Å². The molecule has 6 heteroatoms. The first-order valence-electron chi connectivity index (χ1n) is 21.0. The van der Waals surface area contributed by atoms with Crippen LogP contribution in [0.1, 0.15) is 5.56 Å². The summed E-state index contributed by atoms with van der Waals surface area (Å²) in [5, 5.41) is 4.56. The van der Waals surface area contributed by atoms with Crippen molar-refractivity contribution >= 4 is 60.7 Å². The van der Waals surface area contributed by atoms with Crippen LogP contribution in [0.4, 0.5) is 11.4 Å². The second kappa shape index (κ2) is 14.7. The molecule has 11 aromatic rings. The quantitative estimate of drug-likeness (QED) is 0.153. The number of aromatic nitrogens is 3. The minimum absolute atomic E-state index is 0.676. The molecule has 0 spiro atoms. The summed E-state index contributed by atoms with van der Waals surface area (Å²) < 4.78 is 11.4. The molecule has 0 saturated carbocycles. The monoisotopic (exact) mass is 797 g/mol. The van der Waals surface area contributed by atoms with Gasteiger partial charge < -0.3 is 19.1 Å². The van der Waals surface area contributed by atoms with Crippen LogP contribution in [0.15, 0.2) is 225 Å². The fourth-order valence-electron chi connectivity index (χ4n) is 9.12. The molecule has 62 heavy (non-hydrogen) atoms. The lowest BCUT2D eigenvalue weighted by Gasteiger charge is -2.25. The van der Waals surface area contributed by atoms with Gasteiger partial charge in [0.15, 0.2) is 0 Å². The van der Waals surface area contributed by atoms with Crippen molar-refractivity contribution < 1.29 is 4.74 Å². The van der Waals surface area contributed by atoms with Crippen molar-refractivity contribution in [3.05, 3.63) is 230 Å². The maximum absolute atomic E-state index is 6.81. The number of benzene rings is 8. The Morgan fingerprint density at radius 1 is 0.387 bits per heavy atom. The molecule has 3 aromatic heterocycles. The first-order valence-corrected chi connectivity index (χ1v) is 21.0. The number of ether oxygens (including phenoxy) is 1. The maximum Gasteiger partial charge on any atom is 0.139 e. The van der Waals surface area contributed by atoms with Gasteiger partial charge in [0.2, 0.25) is 0 Å². The van der Waals surface area contributed by atoms with Gasteiger partial charge in [-0.15, -0.1) is 0 Å². The predicted octanol–water partition coefficient (Wildman–Crippen LogP) is 14.0. The molecule has 0 atom stereocenters. The third-order valence-corrected chi connectivity index (χ3v) is 12.0. The van der Waals surface area contributed by atoms with E-state index in [1.807, 2.05) is 12.3 Å². The summed E-state index contributed by atoms with van der Waals surface area (Å²) >= 11 is 0. The number of anilines is 2. The molecule has 6 nitrogen and oxygen atoms in total. The molecular formula is C56H39N5O. The zero-order valence-electron chi connectivity index (χ0n) is 33.7. The Balaban J connectivity index is 0.982. The van der Waals surface area contributed by atoms with Gasteiger partial charge in [0.05, 0.1) is 34.4 Å². The molecule has 1 aliphatic heterocycles. The van der Waals surface area contributed by atoms with Gasteiger partial charge in [-0.05, 0) is 83.4 Å². The zero-order chi connectivity index (χ0) is 41.0. The minimum atomic E-state index is 0.676. The number of fused-ring (bicyclic) bond motifs is 6. The van der Waals surface area contributed by atoms with E-state index in [0.29, 0.717) is 6.67 Å². The Labute approximate surface area is 359 Å². The normalized spacial score (nSPS) is 12.8. The molecule has 8 aromatic carbocycles. The minimum Gasteiger partial charge on any atom is -0.457 e. The largest absolute Gasteiger partial charge is 0.457 e. The van der Waals surface area contributed by atoms with Gasteiger partial charge in [-0.3, -0.25) is 4.57 Å². The summed E-state index contributed by atoms with van der Waals surface area (Å²) in [6.07, 6.45) is 4.27. The Kier molecular flexibility index (Phi) is 8.45. The molecule has 0 fully saturated rings. The predicted molar refractivity (Wildman–Crippen MR) is 256 cm³/mol. The number of hydrogen-bond donors (Lipinski definition) is 0. The molecule has 0 aliphatic carbocycles. The fourth-order valence-corrected chi connectivity index (χ4v) is 9.12. The van der Waals surface area contributed by atoms with E-state index >= 15 is 0 Å². The molecule has 0 saturated heterocycles. The van der Waals surface area contributed by atoms with Crippen molar-refractivity contribution in [2.24, 2.45) is 0 Å². The maximum atomic E-state index is 6.81. The Morgan fingerprint density at radius 2 is 1.02 bits per heavy atom. The van der Waals surface area contributed by atoms with Crippen molar-refractivity contribution in [1.29, 1.82) is 0 Å². The van der Waals surface area contributed by atoms with Gasteiger partial charge in [0, 0.05) is 69.2 Å². The van der Waals surface area contributed by atoms with Crippen LogP contribution < -0.4 is 14.5 Å². The number of rotatable bonds is 8. The molecule has 0 N–H and O–H groups in total. The van der Waals surface area contributed by atoms with E-state index in [9.17, 15) is 0 Å². The van der Waals surface area contributed by atoms with Gasteiger partial charge in [-0.25, -0.2) is 4.98 Å². The standard InChI is InChI=1S/C56H39N5O/c1-5-16-39(17-6-1)41-28-31-52-49(32-41)48-30-29-46(34-53(48)61(52)56-35-54-50(36-57-56)47-26-13-14-27-51(47)60(54)43-22-11-4-12-23-43)62-45-25-15-24-44(33-45)59-38-58(42-20-9-3-10-21-42)37-55(59)40-18-7-2-8-19-40/h1-37H,38H2. The van der Waals surface area contributed by atoms with Crippen LogP contribution in [-0.4, -0.2) is 20.8 Å². The Morgan fingerprint density at radius 3 is 1.81 bits per heavy atom. The molecule has 1 aliphatic rings. The zero-order valence-corrected chi connectivity index (χ0v) is 33.7. The first-order chi connectivity index (χ1) is 30.7. The number of nitrogens with zero attached hydrogens (tertiary/aromatic N) is 5. The van der Waals surface area contributed by atoms with Crippen LogP contribution in [0.3, 0.4) is 0 Å². The summed E-state index contributed by atoms with van der Waals surface area (Å²) in [6, 6.07) is 74.6. The number of pyridine rings is 1. The van der Waals surface area contributed by atoms with Crippen LogP contribution in [0.5, 0.6) is 11.5 Å². The highest BCUT2D eigenvalue weighted by Gasteiger charge is 2.25. The summed E-state index contributed by atoms with van der Waals surface area (Å²) in [7, 11) is 0. The van der Waals surface area contributed by atoms with E-state index in [4.69, 9.17) is 9.72 Å². The molecule has 4 heterocycles. The SMILES string of the molecule is C1=C(c2ccccc2)N(c2cccc(Oc3ccc4c5cc(-c6ccccc6)ccc5n(-c5cc6c(cn5)c5ccccc5n6-c5ccccc5)c4c3)c2)CN1c1ccccc1. The average Bonchev–Trinajstić information content (AvgIpc) is 4.03. The van der Waals surface area contributed by atoms with Gasteiger partial charge in [0.1, 0.15) is 17.3 Å². The molecule has 0 amide bonds. The second-order valence-corrected chi connectivity index (χ2v) is 15.7. The Hall–Kier alpha value is -8.35. The molecule has 0 radical (unpaired) electrons. The highest BCUT2D eigenvalue weighted by molar-refractivity contribution is 6.12. The lowest BCUT2D eigenvalue weighted by Crippen LogP contribution is -2.26.